The fourth-order valence-electron chi connectivity index (χ4n) is 2.71. The largest absolute Gasteiger partial charge is 0.477 e. The number of carbonyl (C=O) groups excluding carboxylic acids is 1. The monoisotopic (exact) mass is 328 g/mol. The molecule has 2 aromatic carbocycles. The first kappa shape index (κ1) is 15.7. The van der Waals surface area contributed by atoms with Crippen molar-refractivity contribution in [2.24, 2.45) is 0 Å². The van der Waals surface area contributed by atoms with E-state index in [9.17, 15) is 4.79 Å². The van der Waals surface area contributed by atoms with Crippen LogP contribution >= 0.6 is 11.8 Å². The predicted octanol–water partition coefficient (Wildman–Crippen LogP) is 2.92. The van der Waals surface area contributed by atoms with E-state index in [2.05, 4.69) is 40.7 Å². The molecule has 1 heterocycles. The molecule has 1 atom stereocenters. The molecule has 0 fully saturated rings. The lowest BCUT2D eigenvalue weighted by atomic mass is 10.1. The maximum absolute atomic E-state index is 12.0. The number of hydrogen-bond acceptors (Lipinski definition) is 4. The smallest absolute Gasteiger partial charge is 0.262 e. The lowest BCUT2D eigenvalue weighted by Crippen LogP contribution is -2.47. The molecule has 0 radical (unpaired) electrons. The van der Waals surface area contributed by atoms with E-state index >= 15 is 0 Å². The Morgan fingerprint density at radius 3 is 2.70 bits per heavy atom. The van der Waals surface area contributed by atoms with E-state index < -0.39 is 6.10 Å². The minimum atomic E-state index is -0.486. The fraction of sp³-hybridized carbons (Fsp3) is 0.278. The van der Waals surface area contributed by atoms with Gasteiger partial charge in [-0.1, -0.05) is 24.3 Å². The second-order valence-corrected chi connectivity index (χ2v) is 6.30. The van der Waals surface area contributed by atoms with Gasteiger partial charge in [0.15, 0.2) is 6.10 Å². The van der Waals surface area contributed by atoms with Gasteiger partial charge in [0.1, 0.15) is 5.75 Å². The lowest BCUT2D eigenvalue weighted by Gasteiger charge is -2.35. The molecule has 0 aliphatic carbocycles. The topological polar surface area (TPSA) is 41.6 Å². The first-order valence-corrected chi connectivity index (χ1v) is 8.79. The van der Waals surface area contributed by atoms with E-state index in [0.717, 1.165) is 18.0 Å². The number of ether oxygens (including phenoxy) is 1. The van der Waals surface area contributed by atoms with Gasteiger partial charge in [0, 0.05) is 18.5 Å². The minimum absolute atomic E-state index is 0.0952. The maximum atomic E-state index is 12.0. The molecular formula is C18H20N2O2S. The van der Waals surface area contributed by atoms with Gasteiger partial charge in [0.2, 0.25) is 0 Å². The van der Waals surface area contributed by atoms with Crippen LogP contribution in [0.4, 0.5) is 5.69 Å². The number of fused-ring (bicyclic) bond motifs is 1. The SMILES string of the molecule is CNC(=O)[C@H]1CN(Cc2ccc(SC)cc2)c2ccccc2O1. The molecule has 1 aliphatic rings. The number of para-hydroxylation sites is 2. The van der Waals surface area contributed by atoms with Crippen molar-refractivity contribution in [2.75, 3.05) is 24.7 Å². The van der Waals surface area contributed by atoms with E-state index in [1.54, 1.807) is 18.8 Å². The van der Waals surface area contributed by atoms with Crippen LogP contribution in [0.1, 0.15) is 5.56 Å². The van der Waals surface area contributed by atoms with Crippen LogP contribution in [0.25, 0.3) is 0 Å². The summed E-state index contributed by atoms with van der Waals surface area (Å²) >= 11 is 1.73. The minimum Gasteiger partial charge on any atom is -0.477 e. The van der Waals surface area contributed by atoms with Crippen LogP contribution in [0.2, 0.25) is 0 Å². The summed E-state index contributed by atoms with van der Waals surface area (Å²) in [5, 5.41) is 2.67. The molecule has 23 heavy (non-hydrogen) atoms. The van der Waals surface area contributed by atoms with Crippen molar-refractivity contribution >= 4 is 23.4 Å². The van der Waals surface area contributed by atoms with Crippen LogP contribution < -0.4 is 15.0 Å². The summed E-state index contributed by atoms with van der Waals surface area (Å²) in [5.41, 5.74) is 2.25. The van der Waals surface area contributed by atoms with Crippen LogP contribution in [0.5, 0.6) is 5.75 Å². The first-order chi connectivity index (χ1) is 11.2. The highest BCUT2D eigenvalue weighted by molar-refractivity contribution is 7.98. The van der Waals surface area contributed by atoms with Crippen LogP contribution in [-0.2, 0) is 11.3 Å². The Kier molecular flexibility index (Phi) is 4.76. The maximum Gasteiger partial charge on any atom is 0.262 e. The van der Waals surface area contributed by atoms with Gasteiger partial charge in [-0.2, -0.15) is 0 Å². The van der Waals surface area contributed by atoms with E-state index in [4.69, 9.17) is 4.74 Å². The summed E-state index contributed by atoms with van der Waals surface area (Å²) in [7, 11) is 1.64. The summed E-state index contributed by atoms with van der Waals surface area (Å²) in [6, 6.07) is 16.4. The van der Waals surface area contributed by atoms with Crippen molar-refractivity contribution in [1.29, 1.82) is 0 Å². The van der Waals surface area contributed by atoms with Crippen molar-refractivity contribution in [1.82, 2.24) is 5.32 Å². The average molecular weight is 328 g/mol. The molecule has 1 amide bonds. The second kappa shape index (κ2) is 6.96. The van der Waals surface area contributed by atoms with Gasteiger partial charge in [-0.15, -0.1) is 11.8 Å². The molecule has 3 rings (SSSR count). The zero-order valence-corrected chi connectivity index (χ0v) is 14.1. The van der Waals surface area contributed by atoms with Crippen LogP contribution in [0, 0.1) is 0 Å². The van der Waals surface area contributed by atoms with E-state index in [1.807, 2.05) is 24.3 Å². The molecule has 1 aliphatic heterocycles. The molecule has 120 valence electrons. The van der Waals surface area contributed by atoms with E-state index in [-0.39, 0.29) is 5.91 Å². The Bertz CT molecular complexity index is 688. The number of rotatable bonds is 4. The molecule has 0 saturated heterocycles. The number of carbonyl (C=O) groups is 1. The fourth-order valence-corrected chi connectivity index (χ4v) is 3.11. The summed E-state index contributed by atoms with van der Waals surface area (Å²) in [6.07, 6.45) is 1.58. The molecule has 0 aromatic heterocycles. The van der Waals surface area contributed by atoms with Gasteiger partial charge in [0.25, 0.3) is 5.91 Å². The van der Waals surface area contributed by atoms with Gasteiger partial charge >= 0.3 is 0 Å². The molecule has 5 heteroatoms. The Labute approximate surface area is 140 Å². The molecule has 2 aromatic rings. The molecule has 4 nitrogen and oxygen atoms in total. The molecular weight excluding hydrogens is 308 g/mol. The number of hydrogen-bond donors (Lipinski definition) is 1. The van der Waals surface area contributed by atoms with Crippen LogP contribution in [0.3, 0.4) is 0 Å². The standard InChI is InChI=1S/C18H20N2O2S/c1-19-18(21)17-12-20(15-5-3-4-6-16(15)22-17)11-13-7-9-14(23-2)10-8-13/h3-10,17H,11-12H2,1-2H3,(H,19,21)/t17-/m1/s1. The van der Waals surface area contributed by atoms with Crippen LogP contribution in [0.15, 0.2) is 53.4 Å². The van der Waals surface area contributed by atoms with Crippen molar-refractivity contribution < 1.29 is 9.53 Å². The quantitative estimate of drug-likeness (QED) is 0.876. The highest BCUT2D eigenvalue weighted by Gasteiger charge is 2.29. The zero-order valence-electron chi connectivity index (χ0n) is 13.3. The molecule has 0 saturated carbocycles. The number of benzene rings is 2. The van der Waals surface area contributed by atoms with Gasteiger partial charge in [0.05, 0.1) is 12.2 Å². The summed E-state index contributed by atoms with van der Waals surface area (Å²) < 4.78 is 5.83. The number of likely N-dealkylation sites (N-methyl/N-ethyl adjacent to an activating group) is 1. The van der Waals surface area contributed by atoms with Gasteiger partial charge in [-0.25, -0.2) is 0 Å². The first-order valence-electron chi connectivity index (χ1n) is 7.56. The Morgan fingerprint density at radius 2 is 2.00 bits per heavy atom. The Balaban J connectivity index is 1.85. The molecule has 0 bridgehead atoms. The summed E-state index contributed by atoms with van der Waals surface area (Å²) in [5.74, 6) is 0.662. The third-order valence-electron chi connectivity index (χ3n) is 3.93. The summed E-state index contributed by atoms with van der Waals surface area (Å²) in [6.45, 7) is 1.30. The van der Waals surface area contributed by atoms with Gasteiger partial charge < -0.3 is 15.0 Å². The molecule has 0 unspecified atom stereocenters. The molecule has 0 spiro atoms. The predicted molar refractivity (Wildman–Crippen MR) is 94.2 cm³/mol. The van der Waals surface area contributed by atoms with E-state index in [1.165, 1.54) is 10.5 Å². The third-order valence-corrected chi connectivity index (χ3v) is 4.68. The lowest BCUT2D eigenvalue weighted by molar-refractivity contribution is -0.127. The van der Waals surface area contributed by atoms with Crippen molar-refractivity contribution in [2.45, 2.75) is 17.5 Å². The number of anilines is 1. The Morgan fingerprint density at radius 1 is 1.26 bits per heavy atom. The van der Waals surface area contributed by atoms with Gasteiger partial charge in [-0.3, -0.25) is 4.79 Å². The van der Waals surface area contributed by atoms with Crippen LogP contribution in [-0.4, -0.2) is 31.9 Å². The second-order valence-electron chi connectivity index (χ2n) is 5.42. The highest BCUT2D eigenvalue weighted by Crippen LogP contribution is 2.34. The Hall–Kier alpha value is -2.14. The normalized spacial score (nSPS) is 16.4. The van der Waals surface area contributed by atoms with E-state index in [0.29, 0.717) is 6.54 Å². The van der Waals surface area contributed by atoms with Gasteiger partial charge in [-0.05, 0) is 36.1 Å². The average Bonchev–Trinajstić information content (AvgIpc) is 2.61. The highest BCUT2D eigenvalue weighted by atomic mass is 32.2. The van der Waals surface area contributed by atoms with Crippen molar-refractivity contribution in [3.05, 3.63) is 54.1 Å². The number of nitrogens with zero attached hydrogens (tertiary/aromatic N) is 1. The zero-order chi connectivity index (χ0) is 16.2. The number of thioether (sulfide) groups is 1. The summed E-state index contributed by atoms with van der Waals surface area (Å²) in [4.78, 5) is 15.4. The third kappa shape index (κ3) is 3.45. The molecule has 1 N–H and O–H groups in total. The number of nitrogens with one attached hydrogen (secondary N) is 1. The number of amides is 1. The van der Waals surface area contributed by atoms with Crippen molar-refractivity contribution in [3.8, 4) is 5.75 Å². The van der Waals surface area contributed by atoms with Crippen molar-refractivity contribution in [3.63, 3.8) is 0 Å².